The van der Waals surface area contributed by atoms with Crippen LogP contribution in [0.3, 0.4) is 0 Å². The van der Waals surface area contributed by atoms with Crippen molar-refractivity contribution in [2.24, 2.45) is 0 Å². The first-order valence-electron chi connectivity index (χ1n) is 4.89. The van der Waals surface area contributed by atoms with Gasteiger partial charge in [0.2, 0.25) is 5.91 Å². The quantitative estimate of drug-likeness (QED) is 0.585. The Balaban J connectivity index is 2.38. The fourth-order valence-electron chi connectivity index (χ4n) is 1.80. The number of halogens is 1. The number of nitrogens with two attached hydrogens (primary N) is 1. The number of nitrogen functional groups attached to an aromatic ring is 1. The molecule has 80 valence electrons. The lowest BCUT2D eigenvalue weighted by Crippen LogP contribution is -2.25. The second-order valence-corrected chi connectivity index (χ2v) is 4.43. The summed E-state index contributed by atoms with van der Waals surface area (Å²) in [7, 11) is 0. The van der Waals surface area contributed by atoms with Crippen molar-refractivity contribution in [3.05, 3.63) is 23.8 Å². The first-order valence-corrected chi connectivity index (χ1v) is 5.32. The highest BCUT2D eigenvalue weighted by Crippen LogP contribution is 2.30. The zero-order chi connectivity index (χ0) is 11.0. The van der Waals surface area contributed by atoms with E-state index >= 15 is 0 Å². The van der Waals surface area contributed by atoms with E-state index in [1.165, 1.54) is 0 Å². The zero-order valence-corrected chi connectivity index (χ0v) is 9.29. The summed E-state index contributed by atoms with van der Waals surface area (Å²) >= 11 is 5.94. The molecule has 1 aliphatic heterocycles. The number of para-hydroxylation sites is 1. The maximum absolute atomic E-state index is 11.6. The fraction of sp³-hybridized carbons (Fsp3) is 0.364. The molecular weight excluding hydrogens is 212 g/mol. The molecule has 0 spiro atoms. The molecule has 0 radical (unpaired) electrons. The molecule has 0 aliphatic carbocycles. The van der Waals surface area contributed by atoms with Gasteiger partial charge in [-0.3, -0.25) is 4.79 Å². The van der Waals surface area contributed by atoms with Crippen molar-refractivity contribution in [3.8, 4) is 0 Å². The summed E-state index contributed by atoms with van der Waals surface area (Å²) in [5, 5.41) is -0.0996. The largest absolute Gasteiger partial charge is 0.397 e. The number of amides is 1. The van der Waals surface area contributed by atoms with Crippen LogP contribution in [0.25, 0.3) is 0 Å². The highest BCUT2D eigenvalue weighted by atomic mass is 35.5. The molecule has 1 aliphatic rings. The van der Waals surface area contributed by atoms with Crippen molar-refractivity contribution in [1.29, 1.82) is 0 Å². The number of nitrogens with zero attached hydrogens (tertiary/aromatic N) is 1. The van der Waals surface area contributed by atoms with Crippen molar-refractivity contribution in [2.45, 2.75) is 18.7 Å². The van der Waals surface area contributed by atoms with Gasteiger partial charge >= 0.3 is 0 Å². The van der Waals surface area contributed by atoms with E-state index < -0.39 is 0 Å². The second-order valence-electron chi connectivity index (χ2n) is 3.81. The Morgan fingerprint density at radius 1 is 1.53 bits per heavy atom. The molecule has 0 aromatic heterocycles. The first-order chi connectivity index (χ1) is 7.09. The topological polar surface area (TPSA) is 46.3 Å². The van der Waals surface area contributed by atoms with Crippen molar-refractivity contribution >= 4 is 28.9 Å². The van der Waals surface area contributed by atoms with Crippen LogP contribution in [0.4, 0.5) is 11.4 Å². The van der Waals surface area contributed by atoms with Gasteiger partial charge in [-0.05, 0) is 18.6 Å². The molecule has 1 aromatic carbocycles. The number of aryl methyl sites for hydroxylation is 1. The minimum absolute atomic E-state index is 0.0484. The molecule has 0 bridgehead atoms. The Morgan fingerprint density at radius 2 is 2.27 bits per heavy atom. The SMILES string of the molecule is Cc1cccc(N2CC(Cl)CC2=O)c1N. The Hall–Kier alpha value is -1.22. The normalized spacial score (nSPS) is 21.1. The number of anilines is 2. The third-order valence-electron chi connectivity index (χ3n) is 2.67. The molecule has 1 amide bonds. The van der Waals surface area contributed by atoms with Gasteiger partial charge < -0.3 is 10.6 Å². The van der Waals surface area contributed by atoms with Gasteiger partial charge in [-0.2, -0.15) is 0 Å². The Labute approximate surface area is 93.8 Å². The van der Waals surface area contributed by atoms with Crippen LogP contribution < -0.4 is 10.6 Å². The third-order valence-corrected chi connectivity index (χ3v) is 2.96. The zero-order valence-electron chi connectivity index (χ0n) is 8.53. The van der Waals surface area contributed by atoms with Gasteiger partial charge in [0.15, 0.2) is 0 Å². The van der Waals surface area contributed by atoms with E-state index in [9.17, 15) is 4.79 Å². The predicted octanol–water partition coefficient (Wildman–Crippen LogP) is 1.92. The summed E-state index contributed by atoms with van der Waals surface area (Å²) < 4.78 is 0. The Bertz CT molecular complexity index is 406. The average molecular weight is 225 g/mol. The van der Waals surface area contributed by atoms with Crippen LogP contribution in [0, 0.1) is 6.92 Å². The van der Waals surface area contributed by atoms with Crippen molar-refractivity contribution in [1.82, 2.24) is 0 Å². The standard InChI is InChI=1S/C11H13ClN2O/c1-7-3-2-4-9(11(7)13)14-6-8(12)5-10(14)15/h2-4,8H,5-6,13H2,1H3. The molecule has 4 heteroatoms. The number of carbonyl (C=O) groups is 1. The molecule has 2 rings (SSSR count). The third kappa shape index (κ3) is 1.79. The van der Waals surface area contributed by atoms with Gasteiger partial charge in [-0.25, -0.2) is 0 Å². The molecule has 15 heavy (non-hydrogen) atoms. The Morgan fingerprint density at radius 3 is 2.87 bits per heavy atom. The van der Waals surface area contributed by atoms with Gasteiger partial charge in [-0.15, -0.1) is 11.6 Å². The lowest BCUT2D eigenvalue weighted by molar-refractivity contribution is -0.117. The summed E-state index contributed by atoms with van der Waals surface area (Å²) in [5.74, 6) is 0.0484. The minimum Gasteiger partial charge on any atom is -0.397 e. The molecule has 1 atom stereocenters. The Kier molecular flexibility index (Phi) is 2.57. The van der Waals surface area contributed by atoms with Crippen LogP contribution in [-0.2, 0) is 4.79 Å². The molecule has 1 unspecified atom stereocenters. The summed E-state index contributed by atoms with van der Waals surface area (Å²) in [6, 6.07) is 5.68. The minimum atomic E-state index is -0.0996. The van der Waals surface area contributed by atoms with E-state index in [1.807, 2.05) is 25.1 Å². The molecule has 0 saturated carbocycles. The van der Waals surface area contributed by atoms with Crippen molar-refractivity contribution in [3.63, 3.8) is 0 Å². The van der Waals surface area contributed by atoms with Gasteiger partial charge in [0.1, 0.15) is 0 Å². The molecular formula is C11H13ClN2O. The number of carbonyl (C=O) groups excluding carboxylic acids is 1. The maximum atomic E-state index is 11.6. The smallest absolute Gasteiger partial charge is 0.228 e. The van der Waals surface area contributed by atoms with Crippen molar-refractivity contribution < 1.29 is 4.79 Å². The summed E-state index contributed by atoms with van der Waals surface area (Å²) in [6.45, 7) is 2.48. The van der Waals surface area contributed by atoms with E-state index in [0.29, 0.717) is 18.7 Å². The van der Waals surface area contributed by atoms with Crippen LogP contribution in [0.2, 0.25) is 0 Å². The van der Waals surface area contributed by atoms with Crippen LogP contribution in [-0.4, -0.2) is 17.8 Å². The van der Waals surface area contributed by atoms with E-state index in [2.05, 4.69) is 0 Å². The van der Waals surface area contributed by atoms with E-state index in [0.717, 1.165) is 11.3 Å². The molecule has 1 heterocycles. The lowest BCUT2D eigenvalue weighted by atomic mass is 10.1. The molecule has 1 saturated heterocycles. The van der Waals surface area contributed by atoms with E-state index in [4.69, 9.17) is 17.3 Å². The predicted molar refractivity (Wildman–Crippen MR) is 62.2 cm³/mol. The number of hydrogen-bond acceptors (Lipinski definition) is 2. The van der Waals surface area contributed by atoms with E-state index in [1.54, 1.807) is 4.90 Å². The second kappa shape index (κ2) is 3.74. The van der Waals surface area contributed by atoms with Gasteiger partial charge in [0.05, 0.1) is 16.8 Å². The molecule has 3 nitrogen and oxygen atoms in total. The molecule has 1 fully saturated rings. The van der Waals surface area contributed by atoms with Gasteiger partial charge in [0, 0.05) is 13.0 Å². The van der Waals surface area contributed by atoms with Gasteiger partial charge in [-0.1, -0.05) is 12.1 Å². The lowest BCUT2D eigenvalue weighted by Gasteiger charge is -2.19. The number of hydrogen-bond donors (Lipinski definition) is 1. The first kappa shape index (κ1) is 10.3. The number of rotatable bonds is 1. The van der Waals surface area contributed by atoms with Gasteiger partial charge in [0.25, 0.3) is 0 Å². The number of alkyl halides is 1. The summed E-state index contributed by atoms with van der Waals surface area (Å²) in [4.78, 5) is 13.3. The summed E-state index contributed by atoms with van der Waals surface area (Å²) in [5.41, 5.74) is 8.36. The highest BCUT2D eigenvalue weighted by Gasteiger charge is 2.30. The molecule has 1 aromatic rings. The maximum Gasteiger partial charge on any atom is 0.228 e. The average Bonchev–Trinajstić information content (AvgIpc) is 2.50. The molecule has 2 N–H and O–H groups in total. The van der Waals surface area contributed by atoms with E-state index in [-0.39, 0.29) is 11.3 Å². The summed E-state index contributed by atoms with van der Waals surface area (Å²) in [6.07, 6.45) is 0.398. The monoisotopic (exact) mass is 224 g/mol. The van der Waals surface area contributed by atoms with Crippen LogP contribution in [0.15, 0.2) is 18.2 Å². The van der Waals surface area contributed by atoms with Crippen molar-refractivity contribution in [2.75, 3.05) is 17.2 Å². The highest BCUT2D eigenvalue weighted by molar-refractivity contribution is 6.24. The van der Waals surface area contributed by atoms with Crippen LogP contribution in [0.1, 0.15) is 12.0 Å². The fourth-order valence-corrected chi connectivity index (χ4v) is 2.07. The number of benzene rings is 1. The van der Waals surface area contributed by atoms with Crippen LogP contribution in [0.5, 0.6) is 0 Å². The van der Waals surface area contributed by atoms with Crippen LogP contribution >= 0.6 is 11.6 Å².